The average Bonchev–Trinajstić information content (AvgIpc) is 2.75. The van der Waals surface area contributed by atoms with Gasteiger partial charge in [-0.3, -0.25) is 4.98 Å². The summed E-state index contributed by atoms with van der Waals surface area (Å²) in [6.07, 6.45) is 5.89. The summed E-state index contributed by atoms with van der Waals surface area (Å²) in [5, 5.41) is 9.92. The summed E-state index contributed by atoms with van der Waals surface area (Å²) in [5.41, 5.74) is 3.25. The Morgan fingerprint density at radius 1 is 1.27 bits per heavy atom. The van der Waals surface area contributed by atoms with E-state index in [1.807, 2.05) is 19.2 Å². The predicted molar refractivity (Wildman–Crippen MR) is 114 cm³/mol. The quantitative estimate of drug-likeness (QED) is 0.551. The number of nitriles is 1. The zero-order chi connectivity index (χ0) is 21.1. The third-order valence-corrected chi connectivity index (χ3v) is 5.76. The van der Waals surface area contributed by atoms with Gasteiger partial charge in [0, 0.05) is 37.5 Å². The van der Waals surface area contributed by atoms with Crippen LogP contribution in [0.1, 0.15) is 43.0 Å². The predicted octanol–water partition coefficient (Wildman–Crippen LogP) is 4.01. The van der Waals surface area contributed by atoms with E-state index in [9.17, 15) is 5.26 Å². The number of methoxy groups -OCH3 is 2. The van der Waals surface area contributed by atoms with Crippen LogP contribution in [0.2, 0.25) is 0 Å². The molecule has 0 spiro atoms. The van der Waals surface area contributed by atoms with Gasteiger partial charge >= 0.3 is 0 Å². The van der Waals surface area contributed by atoms with Crippen molar-refractivity contribution in [1.82, 2.24) is 9.88 Å². The highest BCUT2D eigenvalue weighted by atomic mass is 16.5. The molecule has 7 heteroatoms. The third-order valence-electron chi connectivity index (χ3n) is 5.76. The second-order valence-corrected chi connectivity index (χ2v) is 7.56. The molecule has 0 amide bonds. The molecule has 7 nitrogen and oxygen atoms in total. The minimum absolute atomic E-state index is 0.0992. The van der Waals surface area contributed by atoms with Gasteiger partial charge in [0.2, 0.25) is 5.75 Å². The summed E-state index contributed by atoms with van der Waals surface area (Å²) in [6.45, 7) is 3.55. The van der Waals surface area contributed by atoms with E-state index in [1.165, 1.54) is 5.56 Å². The molecule has 1 aliphatic carbocycles. The molecule has 1 saturated carbocycles. The molecule has 30 heavy (non-hydrogen) atoms. The van der Waals surface area contributed by atoms with Crippen LogP contribution in [0.25, 0.3) is 0 Å². The molecule has 0 bridgehead atoms. The average molecular weight is 406 g/mol. The number of benzene rings is 1. The summed E-state index contributed by atoms with van der Waals surface area (Å²) in [7, 11) is 3.13. The van der Waals surface area contributed by atoms with Crippen molar-refractivity contribution in [2.24, 2.45) is 4.99 Å². The number of hydrogen-bond acceptors (Lipinski definition) is 6. The van der Waals surface area contributed by atoms with Crippen molar-refractivity contribution in [3.05, 3.63) is 41.2 Å². The molecule has 2 aliphatic rings. The zero-order valence-corrected chi connectivity index (χ0v) is 17.6. The lowest BCUT2D eigenvalue weighted by molar-refractivity contribution is 0.115. The van der Waals surface area contributed by atoms with Crippen molar-refractivity contribution >= 4 is 11.5 Å². The molecule has 0 N–H and O–H groups in total. The van der Waals surface area contributed by atoms with Crippen LogP contribution in [0.15, 0.2) is 29.4 Å². The highest BCUT2D eigenvalue weighted by Crippen LogP contribution is 2.46. The third kappa shape index (κ3) is 3.78. The molecule has 1 fully saturated rings. The standard InChI is InChI=1S/C23H26N4O3/c1-15(27-11-9-19-16(14-27)6-5-10-25-19)26-20-12-21(28-2)23(29-3)22(18(20)13-24)30-17-7-4-8-17/h5-6,10,12,17H,4,7-9,11,14H2,1-3H3. The second kappa shape index (κ2) is 8.62. The molecule has 2 aromatic rings. The zero-order valence-electron chi connectivity index (χ0n) is 17.6. The summed E-state index contributed by atoms with van der Waals surface area (Å²) in [4.78, 5) is 11.5. The Balaban J connectivity index is 1.70. The number of pyridine rings is 1. The van der Waals surface area contributed by atoms with Crippen LogP contribution < -0.4 is 14.2 Å². The molecule has 0 saturated heterocycles. The van der Waals surface area contributed by atoms with Crippen LogP contribution in [0, 0.1) is 11.3 Å². The van der Waals surface area contributed by atoms with Crippen molar-refractivity contribution in [3.8, 4) is 23.3 Å². The van der Waals surface area contributed by atoms with Gasteiger partial charge in [-0.1, -0.05) is 6.07 Å². The Morgan fingerprint density at radius 2 is 2.10 bits per heavy atom. The minimum Gasteiger partial charge on any atom is -0.493 e. The monoisotopic (exact) mass is 406 g/mol. The van der Waals surface area contributed by atoms with E-state index >= 15 is 0 Å². The van der Waals surface area contributed by atoms with Crippen LogP contribution in [-0.4, -0.2) is 42.6 Å². The number of aliphatic imine (C=N–C) groups is 1. The molecule has 156 valence electrons. The highest BCUT2D eigenvalue weighted by molar-refractivity contribution is 5.85. The van der Waals surface area contributed by atoms with Crippen molar-refractivity contribution in [3.63, 3.8) is 0 Å². The Labute approximate surface area is 176 Å². The van der Waals surface area contributed by atoms with Gasteiger partial charge in [-0.15, -0.1) is 0 Å². The first-order valence-electron chi connectivity index (χ1n) is 10.2. The van der Waals surface area contributed by atoms with Crippen LogP contribution in [0.5, 0.6) is 17.2 Å². The molecule has 1 aliphatic heterocycles. The maximum Gasteiger partial charge on any atom is 0.204 e. The number of aromatic nitrogens is 1. The summed E-state index contributed by atoms with van der Waals surface area (Å²) in [6, 6.07) is 8.08. The fraction of sp³-hybridized carbons (Fsp3) is 0.435. The largest absolute Gasteiger partial charge is 0.493 e. The molecule has 0 radical (unpaired) electrons. The van der Waals surface area contributed by atoms with Crippen molar-refractivity contribution < 1.29 is 14.2 Å². The summed E-state index contributed by atoms with van der Waals surface area (Å²) >= 11 is 0. The fourth-order valence-electron chi connectivity index (χ4n) is 3.80. The van der Waals surface area contributed by atoms with Gasteiger partial charge in [0.1, 0.15) is 17.5 Å². The SMILES string of the molecule is COc1cc(N=C(C)N2CCc3ncccc3C2)c(C#N)c(OC2CCC2)c1OC. The van der Waals surface area contributed by atoms with Crippen molar-refractivity contribution in [2.45, 2.75) is 45.3 Å². The van der Waals surface area contributed by atoms with Crippen molar-refractivity contribution in [2.75, 3.05) is 20.8 Å². The van der Waals surface area contributed by atoms with Gasteiger partial charge in [-0.05, 0) is 37.8 Å². The molecule has 4 rings (SSSR count). The molecule has 0 unspecified atom stereocenters. The van der Waals surface area contributed by atoms with Crippen LogP contribution >= 0.6 is 0 Å². The maximum absolute atomic E-state index is 9.92. The van der Waals surface area contributed by atoms with Crippen LogP contribution in [0.4, 0.5) is 5.69 Å². The van der Waals surface area contributed by atoms with E-state index in [-0.39, 0.29) is 6.10 Å². The maximum atomic E-state index is 9.92. The van der Waals surface area contributed by atoms with Crippen LogP contribution in [0.3, 0.4) is 0 Å². The smallest absolute Gasteiger partial charge is 0.204 e. The lowest BCUT2D eigenvalue weighted by Crippen LogP contribution is -2.34. The fourth-order valence-corrected chi connectivity index (χ4v) is 3.80. The van der Waals surface area contributed by atoms with Gasteiger partial charge in [0.15, 0.2) is 11.5 Å². The number of hydrogen-bond donors (Lipinski definition) is 0. The van der Waals surface area contributed by atoms with E-state index in [0.717, 1.165) is 50.3 Å². The van der Waals surface area contributed by atoms with E-state index in [4.69, 9.17) is 19.2 Å². The van der Waals surface area contributed by atoms with Gasteiger partial charge in [-0.2, -0.15) is 5.26 Å². The summed E-state index contributed by atoms with van der Waals surface area (Å²) in [5.74, 6) is 2.20. The molecule has 0 atom stereocenters. The van der Waals surface area contributed by atoms with E-state index in [0.29, 0.717) is 28.5 Å². The Bertz CT molecular complexity index is 1010. The molecule has 1 aromatic heterocycles. The second-order valence-electron chi connectivity index (χ2n) is 7.56. The Hall–Kier alpha value is -3.27. The molecular weight excluding hydrogens is 380 g/mol. The topological polar surface area (TPSA) is 80.0 Å². The van der Waals surface area contributed by atoms with E-state index < -0.39 is 0 Å². The number of amidine groups is 1. The number of fused-ring (bicyclic) bond motifs is 1. The number of ether oxygens (including phenoxy) is 3. The van der Waals surface area contributed by atoms with Gasteiger partial charge in [0.05, 0.1) is 26.0 Å². The lowest BCUT2D eigenvalue weighted by Gasteiger charge is -2.30. The molecular formula is C23H26N4O3. The van der Waals surface area contributed by atoms with E-state index in [2.05, 4.69) is 22.0 Å². The normalized spacial score (nSPS) is 16.3. The Morgan fingerprint density at radius 3 is 2.77 bits per heavy atom. The molecule has 1 aromatic carbocycles. The summed E-state index contributed by atoms with van der Waals surface area (Å²) < 4.78 is 17.2. The minimum atomic E-state index is 0.0992. The Kier molecular flexibility index (Phi) is 5.75. The first-order valence-corrected chi connectivity index (χ1v) is 10.2. The van der Waals surface area contributed by atoms with Crippen LogP contribution in [-0.2, 0) is 13.0 Å². The highest BCUT2D eigenvalue weighted by Gasteiger charge is 2.27. The number of rotatable bonds is 5. The van der Waals surface area contributed by atoms with E-state index in [1.54, 1.807) is 20.3 Å². The molecule has 2 heterocycles. The van der Waals surface area contributed by atoms with Gasteiger partial charge < -0.3 is 19.1 Å². The van der Waals surface area contributed by atoms with Crippen molar-refractivity contribution in [1.29, 1.82) is 5.26 Å². The lowest BCUT2D eigenvalue weighted by atomic mass is 9.96. The number of nitrogens with zero attached hydrogens (tertiary/aromatic N) is 4. The first-order chi connectivity index (χ1) is 14.6. The van der Waals surface area contributed by atoms with Gasteiger partial charge in [0.25, 0.3) is 0 Å². The van der Waals surface area contributed by atoms with Gasteiger partial charge in [-0.25, -0.2) is 4.99 Å². The first kappa shape index (κ1) is 20.0.